The summed E-state index contributed by atoms with van der Waals surface area (Å²) in [6.45, 7) is 6.30. The first-order chi connectivity index (χ1) is 19.8. The third-order valence-corrected chi connectivity index (χ3v) is 7.95. The van der Waals surface area contributed by atoms with Gasteiger partial charge in [-0.2, -0.15) is 0 Å². The number of benzene rings is 1. The molecule has 1 atom stereocenters. The van der Waals surface area contributed by atoms with Crippen molar-refractivity contribution >= 4 is 34.4 Å². The number of piperidine rings is 1. The molecule has 3 aromatic heterocycles. The summed E-state index contributed by atoms with van der Waals surface area (Å²) in [6, 6.07) is 4.10. The Labute approximate surface area is 236 Å². The van der Waals surface area contributed by atoms with E-state index in [0.717, 1.165) is 37.6 Å². The number of carbonyl (C=O) groups is 1. The number of hydrogen-bond donors (Lipinski definition) is 2. The molecule has 0 unspecified atom stereocenters. The van der Waals surface area contributed by atoms with Gasteiger partial charge in [-0.3, -0.25) is 4.79 Å². The van der Waals surface area contributed by atoms with Gasteiger partial charge in [0.2, 0.25) is 5.95 Å². The number of anilines is 3. The summed E-state index contributed by atoms with van der Waals surface area (Å²) in [6.07, 6.45) is 7.94. The number of carbonyl (C=O) groups excluding carboxylic acids is 1. The number of amides is 1. The van der Waals surface area contributed by atoms with Crippen LogP contribution in [0.5, 0.6) is 0 Å². The smallest absolute Gasteiger partial charge is 0.254 e. The maximum Gasteiger partial charge on any atom is 0.254 e. The summed E-state index contributed by atoms with van der Waals surface area (Å²) in [7, 11) is 0. The summed E-state index contributed by atoms with van der Waals surface area (Å²) in [4.78, 5) is 33.9. The van der Waals surface area contributed by atoms with Crippen molar-refractivity contribution in [3.05, 3.63) is 65.9 Å². The zero-order valence-electron chi connectivity index (χ0n) is 23.0. The van der Waals surface area contributed by atoms with Crippen LogP contribution in [0.2, 0.25) is 0 Å². The maximum atomic E-state index is 15.3. The van der Waals surface area contributed by atoms with Crippen molar-refractivity contribution in [2.45, 2.75) is 51.2 Å². The number of β-amino-alcohol motifs (C(OH)–C–C–N with tert-alkyl or cyclic N) is 1. The van der Waals surface area contributed by atoms with Crippen LogP contribution >= 0.6 is 0 Å². The van der Waals surface area contributed by atoms with Crippen LogP contribution in [0.1, 0.15) is 61.0 Å². The molecule has 2 aliphatic rings. The molecule has 2 fully saturated rings. The Balaban J connectivity index is 1.18. The fraction of sp³-hybridized carbons (Fsp3) is 0.414. The molecule has 2 aliphatic heterocycles. The predicted molar refractivity (Wildman–Crippen MR) is 150 cm³/mol. The third-order valence-electron chi connectivity index (χ3n) is 7.95. The first kappa shape index (κ1) is 27.0. The van der Waals surface area contributed by atoms with Gasteiger partial charge in [-0.05, 0) is 48.9 Å². The molecule has 0 spiro atoms. The highest BCUT2D eigenvalue weighted by atomic mass is 19.1. The van der Waals surface area contributed by atoms with Gasteiger partial charge in [-0.15, -0.1) is 0 Å². The maximum absolute atomic E-state index is 15.3. The van der Waals surface area contributed by atoms with Gasteiger partial charge in [-0.1, -0.05) is 13.8 Å². The lowest BCUT2D eigenvalue weighted by molar-refractivity contribution is 0.0764. The molecule has 214 valence electrons. The molecule has 1 amide bonds. The van der Waals surface area contributed by atoms with E-state index in [1.54, 1.807) is 0 Å². The largest absolute Gasteiger partial charge is 0.391 e. The summed E-state index contributed by atoms with van der Waals surface area (Å²) in [5, 5.41) is 12.8. The van der Waals surface area contributed by atoms with E-state index in [1.165, 1.54) is 29.6 Å². The summed E-state index contributed by atoms with van der Waals surface area (Å²) in [5.41, 5.74) is 1.76. The molecule has 12 heteroatoms. The second kappa shape index (κ2) is 11.0. The molecule has 1 aromatic carbocycles. The standard InChI is InChI=1S/C29H32F2N8O2/c1-17(2)19-12-32-29(33-13-19)37-8-5-20(6-9-37)39-15-23(31)25-26(34-16-35-27(25)39)36-24-4-3-18(11-22(24)30)28(41)38-10-7-21(40)14-38/h3-4,11-13,15-17,20-21,40H,5-10,14H2,1-2H3,(H,34,35,36)/t21-/m1/s1. The lowest BCUT2D eigenvalue weighted by Gasteiger charge is -2.32. The van der Waals surface area contributed by atoms with Gasteiger partial charge in [0.1, 0.15) is 23.6 Å². The fourth-order valence-corrected chi connectivity index (χ4v) is 5.54. The number of likely N-dealkylation sites (tertiary alicyclic amines) is 1. The van der Waals surface area contributed by atoms with Crippen molar-refractivity contribution in [3.63, 3.8) is 0 Å². The molecule has 2 saturated heterocycles. The van der Waals surface area contributed by atoms with Crippen LogP contribution in [0, 0.1) is 11.6 Å². The lowest BCUT2D eigenvalue weighted by atomic mass is 10.1. The highest BCUT2D eigenvalue weighted by molar-refractivity contribution is 5.95. The number of nitrogens with one attached hydrogen (secondary N) is 1. The van der Waals surface area contributed by atoms with Crippen LogP contribution < -0.4 is 10.2 Å². The Bertz CT molecular complexity index is 1570. The average Bonchev–Trinajstić information content (AvgIpc) is 3.57. The second-order valence-electron chi connectivity index (χ2n) is 11.0. The number of aliphatic hydroxyl groups is 1. The van der Waals surface area contributed by atoms with Gasteiger partial charge in [0.15, 0.2) is 5.82 Å². The van der Waals surface area contributed by atoms with Gasteiger partial charge < -0.3 is 24.8 Å². The number of nitrogens with zero attached hydrogens (tertiary/aromatic N) is 7. The molecule has 10 nitrogen and oxygen atoms in total. The molecule has 41 heavy (non-hydrogen) atoms. The Hall–Kier alpha value is -4.19. The molecule has 0 aliphatic carbocycles. The van der Waals surface area contributed by atoms with Crippen LogP contribution in [0.15, 0.2) is 43.1 Å². The van der Waals surface area contributed by atoms with E-state index in [9.17, 15) is 9.90 Å². The third kappa shape index (κ3) is 5.31. The first-order valence-electron chi connectivity index (χ1n) is 13.9. The Morgan fingerprint density at radius 2 is 1.78 bits per heavy atom. The van der Waals surface area contributed by atoms with E-state index in [4.69, 9.17) is 0 Å². The second-order valence-corrected chi connectivity index (χ2v) is 11.0. The fourth-order valence-electron chi connectivity index (χ4n) is 5.54. The topological polar surface area (TPSA) is 112 Å². The minimum Gasteiger partial charge on any atom is -0.391 e. The molecule has 5 heterocycles. The van der Waals surface area contributed by atoms with E-state index in [0.29, 0.717) is 30.5 Å². The van der Waals surface area contributed by atoms with Crippen LogP contribution in [0.4, 0.5) is 26.2 Å². The van der Waals surface area contributed by atoms with Crippen LogP contribution in [-0.4, -0.2) is 72.7 Å². The number of rotatable bonds is 6. The van der Waals surface area contributed by atoms with Gasteiger partial charge in [0.25, 0.3) is 5.91 Å². The summed E-state index contributed by atoms with van der Waals surface area (Å²) < 4.78 is 32.2. The number of fused-ring (bicyclic) bond motifs is 1. The molecule has 0 saturated carbocycles. The molecular weight excluding hydrogens is 530 g/mol. The molecule has 0 radical (unpaired) electrons. The number of halogens is 2. The van der Waals surface area contributed by atoms with Crippen LogP contribution in [0.3, 0.4) is 0 Å². The quantitative estimate of drug-likeness (QED) is 0.355. The van der Waals surface area contributed by atoms with Gasteiger partial charge in [0, 0.05) is 56.4 Å². The van der Waals surface area contributed by atoms with Crippen molar-refractivity contribution < 1.29 is 18.7 Å². The van der Waals surface area contributed by atoms with Gasteiger partial charge >= 0.3 is 0 Å². The van der Waals surface area contributed by atoms with Crippen LogP contribution in [0.25, 0.3) is 11.0 Å². The molecular formula is C29H32F2N8O2. The van der Waals surface area contributed by atoms with Gasteiger partial charge in [-0.25, -0.2) is 28.7 Å². The minimum absolute atomic E-state index is 0.0158. The van der Waals surface area contributed by atoms with Crippen molar-refractivity contribution in [1.82, 2.24) is 29.4 Å². The van der Waals surface area contributed by atoms with E-state index < -0.39 is 17.7 Å². The Kier molecular flexibility index (Phi) is 7.24. The first-order valence-corrected chi connectivity index (χ1v) is 13.9. The van der Waals surface area contributed by atoms with Crippen molar-refractivity contribution in [1.29, 1.82) is 0 Å². The number of hydrogen-bond acceptors (Lipinski definition) is 8. The minimum atomic E-state index is -0.668. The van der Waals surface area contributed by atoms with Crippen molar-refractivity contribution in [3.8, 4) is 0 Å². The number of aromatic nitrogens is 5. The lowest BCUT2D eigenvalue weighted by Crippen LogP contribution is -2.35. The van der Waals surface area contributed by atoms with Gasteiger partial charge in [0.05, 0.1) is 17.2 Å². The summed E-state index contributed by atoms with van der Waals surface area (Å²) in [5.74, 6) is -0.314. The number of aliphatic hydroxyl groups excluding tert-OH is 1. The SMILES string of the molecule is CC(C)c1cnc(N2CCC(n3cc(F)c4c(Nc5ccc(C(=O)N6CC[C@@H](O)C6)cc5F)ncnc43)CC2)nc1. The molecule has 2 N–H and O–H groups in total. The Morgan fingerprint density at radius 3 is 2.44 bits per heavy atom. The molecule has 6 rings (SSSR count). The zero-order valence-corrected chi connectivity index (χ0v) is 23.0. The van der Waals surface area contributed by atoms with E-state index in [2.05, 4.69) is 44.0 Å². The van der Waals surface area contributed by atoms with Crippen molar-refractivity contribution in [2.24, 2.45) is 0 Å². The molecule has 4 aromatic rings. The Morgan fingerprint density at radius 1 is 1.02 bits per heavy atom. The van der Waals surface area contributed by atoms with Crippen LogP contribution in [-0.2, 0) is 0 Å². The van der Waals surface area contributed by atoms with E-state index in [-0.39, 0.29) is 40.9 Å². The molecule has 0 bridgehead atoms. The van der Waals surface area contributed by atoms with E-state index in [1.807, 2.05) is 17.0 Å². The highest BCUT2D eigenvalue weighted by Crippen LogP contribution is 2.33. The normalized spacial score (nSPS) is 18.0. The monoisotopic (exact) mass is 562 g/mol. The zero-order chi connectivity index (χ0) is 28.7. The van der Waals surface area contributed by atoms with E-state index >= 15 is 8.78 Å². The predicted octanol–water partition coefficient (Wildman–Crippen LogP) is 4.41. The van der Waals surface area contributed by atoms with Crippen molar-refractivity contribution in [2.75, 3.05) is 36.4 Å². The summed E-state index contributed by atoms with van der Waals surface area (Å²) >= 11 is 0. The average molecular weight is 563 g/mol. The highest BCUT2D eigenvalue weighted by Gasteiger charge is 2.28.